The number of phenolic OH excluding ortho intramolecular Hbond substituents is 4. The van der Waals surface area contributed by atoms with Crippen LogP contribution in [0.25, 0.3) is 11.1 Å². The van der Waals surface area contributed by atoms with Crippen molar-refractivity contribution < 1.29 is 20.4 Å². The van der Waals surface area contributed by atoms with Crippen molar-refractivity contribution in [2.75, 3.05) is 0 Å². The molecule has 4 N–H and O–H groups in total. The monoisotopic (exact) mass is 658 g/mol. The van der Waals surface area contributed by atoms with Crippen molar-refractivity contribution in [3.05, 3.63) is 156 Å². The van der Waals surface area contributed by atoms with Gasteiger partial charge in [-0.05, 0) is 74.5 Å². The van der Waals surface area contributed by atoms with Crippen LogP contribution in [0.15, 0.2) is 153 Å². The van der Waals surface area contributed by atoms with Gasteiger partial charge < -0.3 is 20.4 Å². The number of nitrogens with zero attached hydrogens (tertiary/aromatic N) is 4. The Hall–Kier alpha value is -6.80. The van der Waals surface area contributed by atoms with Crippen molar-refractivity contribution >= 4 is 46.6 Å². The van der Waals surface area contributed by atoms with Crippen LogP contribution in [0.2, 0.25) is 0 Å². The van der Waals surface area contributed by atoms with Crippen LogP contribution >= 0.6 is 0 Å². The maximum Gasteiger partial charge on any atom is 0.132 e. The maximum atomic E-state index is 11.3. The van der Waals surface area contributed by atoms with Crippen molar-refractivity contribution in [3.8, 4) is 34.1 Å². The Bertz CT molecular complexity index is 2140. The van der Waals surface area contributed by atoms with E-state index in [0.717, 1.165) is 0 Å². The van der Waals surface area contributed by atoms with Gasteiger partial charge in [-0.3, -0.25) is 20.0 Å². The summed E-state index contributed by atoms with van der Waals surface area (Å²) in [7, 11) is 0. The zero-order valence-electron chi connectivity index (χ0n) is 27.4. The second kappa shape index (κ2) is 15.0. The summed E-state index contributed by atoms with van der Waals surface area (Å²) in [6.45, 7) is 3.64. The van der Waals surface area contributed by atoms with E-state index in [4.69, 9.17) is 9.98 Å². The highest BCUT2D eigenvalue weighted by Crippen LogP contribution is 2.39. The van der Waals surface area contributed by atoms with Crippen LogP contribution in [0.1, 0.15) is 36.1 Å². The lowest BCUT2D eigenvalue weighted by atomic mass is 9.98. The normalized spacial score (nSPS) is 12.2. The van der Waals surface area contributed by atoms with Crippen LogP contribution in [0, 0.1) is 0 Å². The second-order valence-corrected chi connectivity index (χ2v) is 11.4. The van der Waals surface area contributed by atoms with Gasteiger partial charge in [-0.25, -0.2) is 0 Å². The number of hydrogen-bond donors (Lipinski definition) is 4. The average Bonchev–Trinajstić information content (AvgIpc) is 3.12. The molecule has 0 saturated heterocycles. The summed E-state index contributed by atoms with van der Waals surface area (Å²) >= 11 is 0. The van der Waals surface area contributed by atoms with Gasteiger partial charge in [0, 0.05) is 57.2 Å². The van der Waals surface area contributed by atoms with Crippen LogP contribution < -0.4 is 0 Å². The molecule has 0 aromatic heterocycles. The van der Waals surface area contributed by atoms with Crippen LogP contribution in [0.5, 0.6) is 23.0 Å². The van der Waals surface area contributed by atoms with Gasteiger partial charge in [0.05, 0.1) is 22.7 Å². The van der Waals surface area contributed by atoms with E-state index in [1.807, 2.05) is 74.5 Å². The Kier molecular flexibility index (Phi) is 9.91. The molecule has 8 nitrogen and oxygen atoms in total. The Morgan fingerprint density at radius 3 is 1.18 bits per heavy atom. The van der Waals surface area contributed by atoms with Gasteiger partial charge >= 0.3 is 0 Å². The molecular weight excluding hydrogens is 624 g/mol. The summed E-state index contributed by atoms with van der Waals surface area (Å²) < 4.78 is 0. The van der Waals surface area contributed by atoms with Crippen molar-refractivity contribution in [2.45, 2.75) is 13.8 Å². The van der Waals surface area contributed by atoms with Crippen LogP contribution in [-0.4, -0.2) is 44.3 Å². The Balaban J connectivity index is 1.28. The van der Waals surface area contributed by atoms with E-state index in [2.05, 4.69) is 9.98 Å². The minimum Gasteiger partial charge on any atom is -0.507 e. The first-order valence-corrected chi connectivity index (χ1v) is 15.9. The molecule has 0 atom stereocenters. The van der Waals surface area contributed by atoms with Crippen molar-refractivity contribution in [1.82, 2.24) is 0 Å². The van der Waals surface area contributed by atoms with E-state index >= 15 is 0 Å². The van der Waals surface area contributed by atoms with E-state index in [1.54, 1.807) is 85.2 Å². The summed E-state index contributed by atoms with van der Waals surface area (Å²) in [5.41, 5.74) is 6.62. The first kappa shape index (κ1) is 33.1. The number of phenols is 4. The number of aliphatic imine (C=N–C) groups is 4. The largest absolute Gasteiger partial charge is 0.507 e. The van der Waals surface area contributed by atoms with Crippen molar-refractivity contribution in [2.24, 2.45) is 20.0 Å². The Labute approximate surface area is 290 Å². The third-order valence-corrected chi connectivity index (χ3v) is 8.04. The SMILES string of the molecule is CC(=Nc1ccccc1N=Cc1cccc(-c2cccc(C=Nc3ccccc3N=C(C)c3ccccc3O)c2O)c1O)c1ccccc1O. The maximum absolute atomic E-state index is 11.3. The predicted octanol–water partition coefficient (Wildman–Crippen LogP) is 9.96. The molecule has 0 aliphatic heterocycles. The lowest BCUT2D eigenvalue weighted by Crippen LogP contribution is -1.94. The van der Waals surface area contributed by atoms with Gasteiger partial charge in [0.25, 0.3) is 0 Å². The minimum atomic E-state index is -0.0497. The first-order chi connectivity index (χ1) is 24.3. The molecule has 0 aliphatic rings. The number of rotatable bonds is 9. The fraction of sp³-hybridized carbons (Fsp3) is 0.0476. The molecule has 0 spiro atoms. The van der Waals surface area contributed by atoms with Gasteiger partial charge in [-0.2, -0.15) is 0 Å². The van der Waals surface area contributed by atoms with E-state index in [-0.39, 0.29) is 23.0 Å². The molecule has 0 aliphatic carbocycles. The number of aromatic hydroxyl groups is 4. The summed E-state index contributed by atoms with van der Waals surface area (Å²) in [5, 5.41) is 43.2. The van der Waals surface area contributed by atoms with E-state index < -0.39 is 0 Å². The smallest absolute Gasteiger partial charge is 0.132 e. The highest BCUT2D eigenvalue weighted by atomic mass is 16.3. The van der Waals surface area contributed by atoms with Crippen LogP contribution in [-0.2, 0) is 0 Å². The minimum absolute atomic E-state index is 0.0497. The van der Waals surface area contributed by atoms with Gasteiger partial charge in [0.2, 0.25) is 0 Å². The standard InChI is InChI=1S/C42H34N4O4/c1-27(31-15-3-9-23-39(31)47)45-37-21-7-5-19-35(37)43-25-29-13-11-17-33(41(29)49)34-18-12-14-30(42(34)50)26-44-36-20-6-8-22-38(36)46-28(2)32-16-4-10-24-40(32)48/h3-26,47-50H,1-2H3. The van der Waals surface area contributed by atoms with Crippen LogP contribution in [0.4, 0.5) is 22.7 Å². The van der Waals surface area contributed by atoms with E-state index in [1.165, 1.54) is 0 Å². The molecule has 8 heteroatoms. The fourth-order valence-electron chi connectivity index (χ4n) is 5.42. The zero-order valence-corrected chi connectivity index (χ0v) is 27.4. The Morgan fingerprint density at radius 2 is 0.780 bits per heavy atom. The fourth-order valence-corrected chi connectivity index (χ4v) is 5.42. The highest BCUT2D eigenvalue weighted by molar-refractivity contribution is 6.04. The van der Waals surface area contributed by atoms with Crippen molar-refractivity contribution in [1.29, 1.82) is 0 Å². The molecule has 0 saturated carbocycles. The molecule has 0 unspecified atom stereocenters. The van der Waals surface area contributed by atoms with E-state index in [0.29, 0.717) is 67.6 Å². The van der Waals surface area contributed by atoms with E-state index in [9.17, 15) is 20.4 Å². The zero-order chi connectivity index (χ0) is 35.0. The number of benzene rings is 6. The molecule has 0 bridgehead atoms. The third kappa shape index (κ3) is 7.35. The van der Waals surface area contributed by atoms with Gasteiger partial charge in [0.1, 0.15) is 23.0 Å². The predicted molar refractivity (Wildman–Crippen MR) is 203 cm³/mol. The molecule has 0 amide bonds. The van der Waals surface area contributed by atoms with Crippen LogP contribution in [0.3, 0.4) is 0 Å². The molecule has 0 fully saturated rings. The summed E-state index contributed by atoms with van der Waals surface area (Å²) in [6.07, 6.45) is 3.11. The lowest BCUT2D eigenvalue weighted by Gasteiger charge is -2.11. The quantitative estimate of drug-likeness (QED) is 0.115. The lowest BCUT2D eigenvalue weighted by molar-refractivity contribution is 0.468. The molecule has 6 rings (SSSR count). The third-order valence-electron chi connectivity index (χ3n) is 8.04. The Morgan fingerprint density at radius 1 is 0.420 bits per heavy atom. The second-order valence-electron chi connectivity index (χ2n) is 11.4. The molecule has 246 valence electrons. The number of para-hydroxylation sites is 8. The highest BCUT2D eigenvalue weighted by Gasteiger charge is 2.14. The molecule has 6 aromatic carbocycles. The molecule has 50 heavy (non-hydrogen) atoms. The first-order valence-electron chi connectivity index (χ1n) is 15.9. The molecular formula is C42H34N4O4. The van der Waals surface area contributed by atoms with Gasteiger partial charge in [-0.1, -0.05) is 72.8 Å². The summed E-state index contributed by atoms with van der Waals surface area (Å²) in [5.74, 6) is 0.187. The molecule has 0 radical (unpaired) electrons. The summed E-state index contributed by atoms with van der Waals surface area (Å²) in [4.78, 5) is 18.7. The topological polar surface area (TPSA) is 130 Å². The average molecular weight is 659 g/mol. The molecule has 6 aromatic rings. The molecule has 0 heterocycles. The van der Waals surface area contributed by atoms with Gasteiger partial charge in [-0.15, -0.1) is 0 Å². The van der Waals surface area contributed by atoms with Gasteiger partial charge in [0.15, 0.2) is 0 Å². The summed E-state index contributed by atoms with van der Waals surface area (Å²) in [6, 6.07) is 39.2. The van der Waals surface area contributed by atoms with Crippen molar-refractivity contribution in [3.63, 3.8) is 0 Å². The number of hydrogen-bond acceptors (Lipinski definition) is 8.